The fourth-order valence-corrected chi connectivity index (χ4v) is 2.44. The normalized spacial score (nSPS) is 10.7. The predicted octanol–water partition coefficient (Wildman–Crippen LogP) is 4.32. The van der Waals surface area contributed by atoms with E-state index in [1.807, 2.05) is 12.1 Å². The Hall–Kier alpha value is -2.14. The van der Waals surface area contributed by atoms with Crippen molar-refractivity contribution >= 4 is 38.4 Å². The smallest absolute Gasteiger partial charge is 0.255 e. The zero-order valence-electron chi connectivity index (χ0n) is 10.3. The van der Waals surface area contributed by atoms with Crippen LogP contribution < -0.4 is 5.32 Å². The second-order valence-corrected chi connectivity index (χ2v) is 5.18. The van der Waals surface area contributed by atoms with Crippen LogP contribution >= 0.6 is 15.9 Å². The van der Waals surface area contributed by atoms with Crippen molar-refractivity contribution in [3.63, 3.8) is 0 Å². The summed E-state index contributed by atoms with van der Waals surface area (Å²) in [6.07, 6.45) is 1.81. The fraction of sp³-hybridized carbons (Fsp3) is 0. The molecule has 2 N–H and O–H groups in total. The van der Waals surface area contributed by atoms with E-state index in [1.54, 1.807) is 30.5 Å². The van der Waals surface area contributed by atoms with Gasteiger partial charge in [-0.2, -0.15) is 0 Å². The Morgan fingerprint density at radius 2 is 2.05 bits per heavy atom. The van der Waals surface area contributed by atoms with E-state index < -0.39 is 5.82 Å². The monoisotopic (exact) mass is 332 g/mol. The molecule has 0 fully saturated rings. The summed E-state index contributed by atoms with van der Waals surface area (Å²) in [5, 5.41) is 3.52. The highest BCUT2D eigenvalue weighted by atomic mass is 79.9. The molecular formula is C15H10BrFN2O. The average Bonchev–Trinajstić information content (AvgIpc) is 2.90. The van der Waals surface area contributed by atoms with Gasteiger partial charge >= 0.3 is 0 Å². The van der Waals surface area contributed by atoms with Gasteiger partial charge in [0, 0.05) is 27.1 Å². The van der Waals surface area contributed by atoms with E-state index in [2.05, 4.69) is 26.2 Å². The van der Waals surface area contributed by atoms with Crippen LogP contribution in [0.1, 0.15) is 10.4 Å². The number of H-pyrrole nitrogens is 1. The van der Waals surface area contributed by atoms with Crippen molar-refractivity contribution in [1.29, 1.82) is 0 Å². The minimum atomic E-state index is -0.476. The number of aromatic nitrogens is 1. The molecule has 0 aliphatic heterocycles. The zero-order chi connectivity index (χ0) is 14.1. The first-order chi connectivity index (χ1) is 9.65. The molecule has 0 spiro atoms. The van der Waals surface area contributed by atoms with Gasteiger partial charge in [0.25, 0.3) is 5.91 Å². The Labute approximate surface area is 122 Å². The molecule has 2 aromatic carbocycles. The molecule has 0 radical (unpaired) electrons. The lowest BCUT2D eigenvalue weighted by molar-refractivity contribution is 0.102. The first-order valence-electron chi connectivity index (χ1n) is 5.97. The molecule has 0 unspecified atom stereocenters. The molecule has 1 amide bonds. The lowest BCUT2D eigenvalue weighted by Crippen LogP contribution is -2.13. The van der Waals surface area contributed by atoms with E-state index in [0.29, 0.717) is 10.0 Å². The summed E-state index contributed by atoms with van der Waals surface area (Å²) in [6.45, 7) is 0. The summed E-state index contributed by atoms with van der Waals surface area (Å²) < 4.78 is 14.2. The lowest BCUT2D eigenvalue weighted by Gasteiger charge is -2.08. The number of aromatic amines is 1. The quantitative estimate of drug-likeness (QED) is 0.721. The number of nitrogens with one attached hydrogen (secondary N) is 2. The molecule has 0 aliphatic rings. The Morgan fingerprint density at radius 3 is 2.85 bits per heavy atom. The Balaban J connectivity index is 1.92. The van der Waals surface area contributed by atoms with Crippen LogP contribution in [0, 0.1) is 5.82 Å². The van der Waals surface area contributed by atoms with Gasteiger partial charge in [-0.3, -0.25) is 4.79 Å². The van der Waals surface area contributed by atoms with Crippen LogP contribution in [-0.2, 0) is 0 Å². The Kier molecular flexibility index (Phi) is 3.28. The number of halogens is 2. The first-order valence-corrected chi connectivity index (χ1v) is 6.77. The first kappa shape index (κ1) is 12.9. The number of hydrogen-bond acceptors (Lipinski definition) is 1. The molecule has 1 aromatic heterocycles. The second kappa shape index (κ2) is 5.09. The van der Waals surface area contributed by atoms with Gasteiger partial charge in [0.05, 0.1) is 5.69 Å². The molecular weight excluding hydrogens is 323 g/mol. The van der Waals surface area contributed by atoms with E-state index in [0.717, 1.165) is 10.9 Å². The molecule has 3 aromatic rings. The molecule has 0 bridgehead atoms. The van der Waals surface area contributed by atoms with Crippen LogP contribution in [-0.4, -0.2) is 10.9 Å². The zero-order valence-corrected chi connectivity index (χ0v) is 11.9. The van der Waals surface area contributed by atoms with Crippen molar-refractivity contribution < 1.29 is 9.18 Å². The number of benzene rings is 2. The fourth-order valence-electron chi connectivity index (χ4n) is 2.00. The standard InChI is InChI=1S/C15H10BrFN2O/c16-11-2-1-3-12(17)14(11)19-15(20)10-4-5-13-9(8-10)6-7-18-13/h1-8,18H,(H,19,20). The van der Waals surface area contributed by atoms with Crippen molar-refractivity contribution in [3.8, 4) is 0 Å². The maximum Gasteiger partial charge on any atom is 0.255 e. The highest BCUT2D eigenvalue weighted by molar-refractivity contribution is 9.10. The second-order valence-electron chi connectivity index (χ2n) is 4.33. The lowest BCUT2D eigenvalue weighted by atomic mass is 10.1. The van der Waals surface area contributed by atoms with Crippen LogP contribution in [0.2, 0.25) is 0 Å². The van der Waals surface area contributed by atoms with E-state index in [-0.39, 0.29) is 11.6 Å². The number of amides is 1. The summed E-state index contributed by atoms with van der Waals surface area (Å²) in [7, 11) is 0. The van der Waals surface area contributed by atoms with E-state index >= 15 is 0 Å². The highest BCUT2D eigenvalue weighted by Gasteiger charge is 2.12. The van der Waals surface area contributed by atoms with E-state index in [4.69, 9.17) is 0 Å². The number of carbonyl (C=O) groups excluding carboxylic acids is 1. The molecule has 100 valence electrons. The molecule has 5 heteroatoms. The Morgan fingerprint density at radius 1 is 1.20 bits per heavy atom. The van der Waals surface area contributed by atoms with Gasteiger partial charge in [0.15, 0.2) is 0 Å². The number of carbonyl (C=O) groups is 1. The molecule has 3 nitrogen and oxygen atoms in total. The van der Waals surface area contributed by atoms with Crippen molar-refractivity contribution in [2.45, 2.75) is 0 Å². The largest absolute Gasteiger partial charge is 0.361 e. The van der Waals surface area contributed by atoms with Gasteiger partial charge in [0.2, 0.25) is 0 Å². The van der Waals surface area contributed by atoms with Gasteiger partial charge in [-0.05, 0) is 52.3 Å². The summed E-state index contributed by atoms with van der Waals surface area (Å²) >= 11 is 3.22. The SMILES string of the molecule is O=C(Nc1c(F)cccc1Br)c1ccc2[nH]ccc2c1. The molecule has 0 atom stereocenters. The van der Waals surface area contributed by atoms with Crippen LogP contribution in [0.15, 0.2) is 53.1 Å². The number of para-hydroxylation sites is 1. The van der Waals surface area contributed by atoms with E-state index in [1.165, 1.54) is 6.07 Å². The van der Waals surface area contributed by atoms with Gasteiger partial charge in [-0.25, -0.2) is 4.39 Å². The summed E-state index contributed by atoms with van der Waals surface area (Å²) in [6, 6.07) is 11.7. The van der Waals surface area contributed by atoms with E-state index in [9.17, 15) is 9.18 Å². The van der Waals surface area contributed by atoms with Gasteiger partial charge in [-0.15, -0.1) is 0 Å². The number of fused-ring (bicyclic) bond motifs is 1. The molecule has 1 heterocycles. The molecule has 0 saturated carbocycles. The maximum absolute atomic E-state index is 13.7. The molecule has 0 saturated heterocycles. The van der Waals surface area contributed by atoms with Crippen molar-refractivity contribution in [2.75, 3.05) is 5.32 Å². The van der Waals surface area contributed by atoms with Gasteiger partial charge < -0.3 is 10.3 Å². The van der Waals surface area contributed by atoms with Crippen molar-refractivity contribution in [2.24, 2.45) is 0 Å². The van der Waals surface area contributed by atoms with Gasteiger partial charge in [0.1, 0.15) is 5.82 Å². The summed E-state index contributed by atoms with van der Waals surface area (Å²) in [4.78, 5) is 15.2. The van der Waals surface area contributed by atoms with Crippen molar-refractivity contribution in [1.82, 2.24) is 4.98 Å². The number of anilines is 1. The van der Waals surface area contributed by atoms with Crippen LogP contribution in [0.4, 0.5) is 10.1 Å². The van der Waals surface area contributed by atoms with Gasteiger partial charge in [-0.1, -0.05) is 6.07 Å². The average molecular weight is 333 g/mol. The molecule has 20 heavy (non-hydrogen) atoms. The highest BCUT2D eigenvalue weighted by Crippen LogP contribution is 2.26. The third kappa shape index (κ3) is 2.32. The maximum atomic E-state index is 13.7. The van der Waals surface area contributed by atoms with Crippen molar-refractivity contribution in [3.05, 3.63) is 64.5 Å². The summed E-state index contributed by atoms with van der Waals surface area (Å²) in [5.74, 6) is -0.825. The van der Waals surface area contributed by atoms with Crippen LogP contribution in [0.25, 0.3) is 10.9 Å². The van der Waals surface area contributed by atoms with Crippen LogP contribution in [0.3, 0.4) is 0 Å². The minimum absolute atomic E-state index is 0.145. The molecule has 3 rings (SSSR count). The topological polar surface area (TPSA) is 44.9 Å². The third-order valence-electron chi connectivity index (χ3n) is 3.02. The number of hydrogen-bond donors (Lipinski definition) is 2. The van der Waals surface area contributed by atoms with Crippen LogP contribution in [0.5, 0.6) is 0 Å². The number of rotatable bonds is 2. The third-order valence-corrected chi connectivity index (χ3v) is 3.68. The predicted molar refractivity (Wildman–Crippen MR) is 80.4 cm³/mol. The Bertz CT molecular complexity index is 777. The minimum Gasteiger partial charge on any atom is -0.361 e. The molecule has 0 aliphatic carbocycles. The summed E-state index contributed by atoms with van der Waals surface area (Å²) in [5.41, 5.74) is 1.58.